The molecule has 17 heavy (non-hydrogen) atoms. The minimum absolute atomic E-state index is 0.345. The van der Waals surface area contributed by atoms with Crippen LogP contribution in [-0.4, -0.2) is 21.0 Å². The van der Waals surface area contributed by atoms with Gasteiger partial charge in [0.25, 0.3) is 0 Å². The van der Waals surface area contributed by atoms with Gasteiger partial charge in [-0.2, -0.15) is 0 Å². The molecule has 0 radical (unpaired) electrons. The lowest BCUT2D eigenvalue weighted by Crippen LogP contribution is -2.17. The van der Waals surface area contributed by atoms with Gasteiger partial charge in [-0.15, -0.1) is 0 Å². The van der Waals surface area contributed by atoms with E-state index in [4.69, 9.17) is 0 Å². The summed E-state index contributed by atoms with van der Waals surface area (Å²) >= 11 is 0. The highest BCUT2D eigenvalue weighted by atomic mass is 15.1. The second-order valence-corrected chi connectivity index (χ2v) is 4.03. The fraction of sp³-hybridized carbons (Fsp3) is 0.308. The Balaban J connectivity index is 1.80. The van der Waals surface area contributed by atoms with Gasteiger partial charge in [0.1, 0.15) is 12.7 Å². The first-order valence-corrected chi connectivity index (χ1v) is 5.77. The Hall–Kier alpha value is -1.97. The monoisotopic (exact) mass is 228 g/mol. The van der Waals surface area contributed by atoms with Gasteiger partial charge in [0, 0.05) is 6.04 Å². The Morgan fingerprint density at radius 1 is 1.12 bits per heavy atom. The van der Waals surface area contributed by atoms with Crippen LogP contribution < -0.4 is 5.32 Å². The van der Waals surface area contributed by atoms with Gasteiger partial charge in [-0.3, -0.25) is 0 Å². The summed E-state index contributed by atoms with van der Waals surface area (Å²) in [6.45, 7) is 2.13. The lowest BCUT2D eigenvalue weighted by molar-refractivity contribution is 0.697. The van der Waals surface area contributed by atoms with E-state index in [1.807, 2.05) is 6.07 Å². The highest BCUT2D eigenvalue weighted by Gasteiger charge is 2.03. The van der Waals surface area contributed by atoms with Gasteiger partial charge in [-0.25, -0.2) is 15.0 Å². The number of rotatable bonds is 5. The third kappa shape index (κ3) is 3.83. The van der Waals surface area contributed by atoms with Crippen molar-refractivity contribution in [3.63, 3.8) is 0 Å². The minimum atomic E-state index is 0.345. The van der Waals surface area contributed by atoms with E-state index in [0.717, 1.165) is 12.8 Å². The zero-order valence-corrected chi connectivity index (χ0v) is 9.87. The summed E-state index contributed by atoms with van der Waals surface area (Å²) in [4.78, 5) is 11.9. The molecule has 88 valence electrons. The van der Waals surface area contributed by atoms with Crippen molar-refractivity contribution in [1.82, 2.24) is 15.0 Å². The second-order valence-electron chi connectivity index (χ2n) is 4.03. The number of anilines is 1. The van der Waals surface area contributed by atoms with Crippen LogP contribution in [0.2, 0.25) is 0 Å². The Morgan fingerprint density at radius 2 is 1.82 bits per heavy atom. The molecule has 1 unspecified atom stereocenters. The molecule has 1 heterocycles. The predicted octanol–water partition coefficient (Wildman–Crippen LogP) is 2.30. The quantitative estimate of drug-likeness (QED) is 0.853. The Labute approximate surface area is 101 Å². The second kappa shape index (κ2) is 5.94. The normalized spacial score (nSPS) is 12.1. The maximum absolute atomic E-state index is 4.04. The molecule has 0 saturated carbocycles. The van der Waals surface area contributed by atoms with Crippen molar-refractivity contribution in [2.24, 2.45) is 0 Å². The molecule has 1 aromatic heterocycles. The van der Waals surface area contributed by atoms with Gasteiger partial charge in [-0.1, -0.05) is 30.3 Å². The Kier molecular flexibility index (Phi) is 4.02. The highest BCUT2D eigenvalue weighted by Crippen LogP contribution is 2.07. The molecular formula is C13H16N4. The number of nitrogens with one attached hydrogen (secondary N) is 1. The standard InChI is InChI=1S/C13H16N4/c1-11(17-13-15-9-14-10-16-13)7-8-12-5-3-2-4-6-12/h2-6,9-11H,7-8H2,1H3,(H,14,15,16,17). The highest BCUT2D eigenvalue weighted by molar-refractivity contribution is 5.23. The molecule has 0 fully saturated rings. The molecule has 0 amide bonds. The van der Waals surface area contributed by atoms with Gasteiger partial charge in [-0.05, 0) is 25.3 Å². The SMILES string of the molecule is CC(CCc1ccccc1)Nc1ncncn1. The lowest BCUT2D eigenvalue weighted by atomic mass is 10.1. The predicted molar refractivity (Wildman–Crippen MR) is 67.7 cm³/mol. The summed E-state index contributed by atoms with van der Waals surface area (Å²) < 4.78 is 0. The molecule has 0 spiro atoms. The van der Waals surface area contributed by atoms with E-state index in [0.29, 0.717) is 12.0 Å². The average molecular weight is 228 g/mol. The number of aromatic nitrogens is 3. The van der Waals surface area contributed by atoms with E-state index in [-0.39, 0.29) is 0 Å². The van der Waals surface area contributed by atoms with Gasteiger partial charge in [0.05, 0.1) is 0 Å². The number of hydrogen-bond donors (Lipinski definition) is 1. The Morgan fingerprint density at radius 3 is 2.53 bits per heavy atom. The summed E-state index contributed by atoms with van der Waals surface area (Å²) in [5, 5.41) is 3.25. The van der Waals surface area contributed by atoms with E-state index in [1.54, 1.807) is 0 Å². The third-order valence-electron chi connectivity index (χ3n) is 2.58. The molecule has 4 heteroatoms. The number of aryl methyl sites for hydroxylation is 1. The molecule has 0 bridgehead atoms. The van der Waals surface area contributed by atoms with Crippen LogP contribution in [0.25, 0.3) is 0 Å². The number of nitrogens with zero attached hydrogens (tertiary/aromatic N) is 3. The van der Waals surface area contributed by atoms with E-state index < -0.39 is 0 Å². The minimum Gasteiger partial charge on any atom is -0.352 e. The maximum Gasteiger partial charge on any atom is 0.225 e. The van der Waals surface area contributed by atoms with Crippen LogP contribution in [0, 0.1) is 0 Å². The molecule has 1 aromatic carbocycles. The molecular weight excluding hydrogens is 212 g/mol. The molecule has 0 aliphatic carbocycles. The average Bonchev–Trinajstić information content (AvgIpc) is 2.39. The van der Waals surface area contributed by atoms with Gasteiger partial charge in [0.2, 0.25) is 5.95 Å². The first-order chi connectivity index (χ1) is 8.34. The topological polar surface area (TPSA) is 50.7 Å². The summed E-state index contributed by atoms with van der Waals surface area (Å²) in [6, 6.07) is 10.8. The first-order valence-electron chi connectivity index (χ1n) is 5.77. The third-order valence-corrected chi connectivity index (χ3v) is 2.58. The Bertz CT molecular complexity index is 430. The van der Waals surface area contributed by atoms with E-state index >= 15 is 0 Å². The zero-order valence-electron chi connectivity index (χ0n) is 9.87. The molecule has 2 aromatic rings. The van der Waals surface area contributed by atoms with Gasteiger partial charge < -0.3 is 5.32 Å². The van der Waals surface area contributed by atoms with Crippen molar-refractivity contribution in [1.29, 1.82) is 0 Å². The molecule has 4 nitrogen and oxygen atoms in total. The fourth-order valence-electron chi connectivity index (χ4n) is 1.63. The summed E-state index contributed by atoms with van der Waals surface area (Å²) in [7, 11) is 0. The van der Waals surface area contributed by atoms with Gasteiger partial charge >= 0.3 is 0 Å². The number of benzene rings is 1. The van der Waals surface area contributed by atoms with Crippen molar-refractivity contribution in [2.45, 2.75) is 25.8 Å². The van der Waals surface area contributed by atoms with E-state index in [2.05, 4.69) is 51.5 Å². The fourth-order valence-corrected chi connectivity index (χ4v) is 1.63. The van der Waals surface area contributed by atoms with E-state index in [9.17, 15) is 0 Å². The summed E-state index contributed by atoms with van der Waals surface area (Å²) in [5.41, 5.74) is 1.36. The molecule has 0 aliphatic heterocycles. The van der Waals surface area contributed by atoms with E-state index in [1.165, 1.54) is 18.2 Å². The van der Waals surface area contributed by atoms with Crippen LogP contribution in [0.3, 0.4) is 0 Å². The number of hydrogen-bond acceptors (Lipinski definition) is 4. The molecule has 1 atom stereocenters. The van der Waals surface area contributed by atoms with Crippen molar-refractivity contribution in [3.8, 4) is 0 Å². The largest absolute Gasteiger partial charge is 0.352 e. The van der Waals surface area contributed by atoms with Crippen LogP contribution in [0.5, 0.6) is 0 Å². The van der Waals surface area contributed by atoms with Crippen molar-refractivity contribution >= 4 is 5.95 Å². The van der Waals surface area contributed by atoms with Crippen LogP contribution in [0.1, 0.15) is 18.9 Å². The van der Waals surface area contributed by atoms with Crippen LogP contribution in [0.4, 0.5) is 5.95 Å². The lowest BCUT2D eigenvalue weighted by Gasteiger charge is -2.13. The van der Waals surface area contributed by atoms with Crippen molar-refractivity contribution < 1.29 is 0 Å². The molecule has 2 rings (SSSR count). The maximum atomic E-state index is 4.04. The molecule has 0 saturated heterocycles. The van der Waals surface area contributed by atoms with Gasteiger partial charge in [0.15, 0.2) is 0 Å². The summed E-state index contributed by atoms with van der Waals surface area (Å²) in [6.07, 6.45) is 5.11. The first kappa shape index (κ1) is 11.5. The van der Waals surface area contributed by atoms with Crippen LogP contribution >= 0.6 is 0 Å². The molecule has 0 aliphatic rings. The molecule has 1 N–H and O–H groups in total. The van der Waals surface area contributed by atoms with Crippen molar-refractivity contribution in [3.05, 3.63) is 48.5 Å². The van der Waals surface area contributed by atoms with Crippen LogP contribution in [0.15, 0.2) is 43.0 Å². The summed E-state index contributed by atoms with van der Waals surface area (Å²) in [5.74, 6) is 0.639. The van der Waals surface area contributed by atoms with Crippen molar-refractivity contribution in [2.75, 3.05) is 5.32 Å². The van der Waals surface area contributed by atoms with Crippen LogP contribution in [-0.2, 0) is 6.42 Å². The smallest absolute Gasteiger partial charge is 0.225 e. The zero-order chi connectivity index (χ0) is 11.9.